The fourth-order valence-corrected chi connectivity index (χ4v) is 2.94. The zero-order valence-corrected chi connectivity index (χ0v) is 10.6. The van der Waals surface area contributed by atoms with E-state index in [4.69, 9.17) is 4.52 Å². The van der Waals surface area contributed by atoms with Gasteiger partial charge in [0.1, 0.15) is 5.54 Å². The molecule has 1 aromatic rings. The molecule has 1 aliphatic carbocycles. The zero-order chi connectivity index (χ0) is 13.3. The van der Waals surface area contributed by atoms with E-state index in [1.165, 1.54) is 6.33 Å². The number of nitrogens with zero attached hydrogens (tertiary/aromatic N) is 3. The highest BCUT2D eigenvalue weighted by Crippen LogP contribution is 2.33. The maximum absolute atomic E-state index is 12.5. The highest BCUT2D eigenvalue weighted by atomic mass is 16.5. The summed E-state index contributed by atoms with van der Waals surface area (Å²) in [6, 6.07) is 0. The van der Waals surface area contributed by atoms with Crippen LogP contribution in [0.4, 0.5) is 0 Å². The minimum Gasteiger partial charge on any atom is -0.340 e. The van der Waals surface area contributed by atoms with Gasteiger partial charge < -0.3 is 14.7 Å². The normalized spacial score (nSPS) is 22.0. The van der Waals surface area contributed by atoms with Crippen molar-refractivity contribution in [2.75, 3.05) is 13.1 Å². The third-order valence-electron chi connectivity index (χ3n) is 3.87. The Labute approximate surface area is 110 Å². The lowest BCUT2D eigenvalue weighted by molar-refractivity contribution is -0.149. The van der Waals surface area contributed by atoms with Crippen LogP contribution in [0.3, 0.4) is 0 Å². The lowest BCUT2D eigenvalue weighted by Gasteiger charge is -2.39. The van der Waals surface area contributed by atoms with E-state index in [0.29, 0.717) is 18.9 Å². The lowest BCUT2D eigenvalue weighted by Crippen LogP contribution is -2.65. The maximum Gasteiger partial charge on any atom is 0.248 e. The Morgan fingerprint density at radius 1 is 1.37 bits per heavy atom. The summed E-state index contributed by atoms with van der Waals surface area (Å²) in [5, 5.41) is 6.41. The molecule has 7 nitrogen and oxygen atoms in total. The van der Waals surface area contributed by atoms with Gasteiger partial charge in [0.2, 0.25) is 17.7 Å². The first-order valence-electron chi connectivity index (χ1n) is 6.56. The molecule has 2 fully saturated rings. The van der Waals surface area contributed by atoms with Crippen molar-refractivity contribution in [1.82, 2.24) is 20.4 Å². The third kappa shape index (κ3) is 2.20. The number of carbonyl (C=O) groups is 2. The first kappa shape index (κ1) is 12.1. The SMILES string of the molecule is O=C1CN(CCc2ncno2)C(=O)C2(CCCC2)N1. The predicted octanol–water partition coefficient (Wildman–Crippen LogP) is -0.117. The van der Waals surface area contributed by atoms with Crippen LogP contribution < -0.4 is 5.32 Å². The summed E-state index contributed by atoms with van der Waals surface area (Å²) in [5.41, 5.74) is -0.649. The minimum atomic E-state index is -0.649. The molecule has 1 N–H and O–H groups in total. The second-order valence-electron chi connectivity index (χ2n) is 5.15. The molecule has 1 spiro atoms. The number of aromatic nitrogens is 2. The molecular weight excluding hydrogens is 248 g/mol. The first-order chi connectivity index (χ1) is 9.20. The van der Waals surface area contributed by atoms with Gasteiger partial charge in [0.05, 0.1) is 6.54 Å². The van der Waals surface area contributed by atoms with Crippen LogP contribution in [0, 0.1) is 0 Å². The molecule has 2 aliphatic rings. The van der Waals surface area contributed by atoms with E-state index in [2.05, 4.69) is 15.5 Å². The average Bonchev–Trinajstić information content (AvgIpc) is 3.04. The summed E-state index contributed by atoms with van der Waals surface area (Å²) in [7, 11) is 0. The minimum absolute atomic E-state index is 0.0316. The van der Waals surface area contributed by atoms with E-state index in [1.807, 2.05) is 0 Å². The van der Waals surface area contributed by atoms with Gasteiger partial charge in [0.25, 0.3) is 0 Å². The monoisotopic (exact) mass is 264 g/mol. The second-order valence-corrected chi connectivity index (χ2v) is 5.15. The highest BCUT2D eigenvalue weighted by Gasteiger charge is 2.48. The molecule has 0 atom stereocenters. The van der Waals surface area contributed by atoms with Crippen molar-refractivity contribution in [1.29, 1.82) is 0 Å². The molecule has 2 amide bonds. The molecule has 0 aromatic carbocycles. The Balaban J connectivity index is 1.70. The number of hydrogen-bond acceptors (Lipinski definition) is 5. The number of rotatable bonds is 3. The first-order valence-corrected chi connectivity index (χ1v) is 6.56. The second kappa shape index (κ2) is 4.64. The van der Waals surface area contributed by atoms with Gasteiger partial charge in [-0.15, -0.1) is 0 Å². The van der Waals surface area contributed by atoms with E-state index >= 15 is 0 Å². The zero-order valence-electron chi connectivity index (χ0n) is 10.6. The van der Waals surface area contributed by atoms with E-state index in [0.717, 1.165) is 25.7 Å². The van der Waals surface area contributed by atoms with Crippen molar-refractivity contribution in [2.24, 2.45) is 0 Å². The molecule has 1 aromatic heterocycles. The Bertz CT molecular complexity index is 479. The summed E-state index contributed by atoms with van der Waals surface area (Å²) in [4.78, 5) is 29.8. The molecule has 1 saturated heterocycles. The third-order valence-corrected chi connectivity index (χ3v) is 3.87. The van der Waals surface area contributed by atoms with Gasteiger partial charge in [-0.2, -0.15) is 4.98 Å². The van der Waals surface area contributed by atoms with Gasteiger partial charge in [-0.05, 0) is 12.8 Å². The number of amides is 2. The van der Waals surface area contributed by atoms with Gasteiger partial charge in [0.15, 0.2) is 6.33 Å². The molecule has 0 unspecified atom stereocenters. The number of nitrogens with one attached hydrogen (secondary N) is 1. The van der Waals surface area contributed by atoms with Crippen LogP contribution >= 0.6 is 0 Å². The molecule has 19 heavy (non-hydrogen) atoms. The average molecular weight is 264 g/mol. The maximum atomic E-state index is 12.5. The molecule has 1 aliphatic heterocycles. The van der Waals surface area contributed by atoms with Crippen molar-refractivity contribution in [2.45, 2.75) is 37.6 Å². The highest BCUT2D eigenvalue weighted by molar-refractivity contribution is 5.98. The summed E-state index contributed by atoms with van der Waals surface area (Å²) in [5.74, 6) is 0.440. The van der Waals surface area contributed by atoms with E-state index in [9.17, 15) is 9.59 Å². The fourth-order valence-electron chi connectivity index (χ4n) is 2.94. The van der Waals surface area contributed by atoms with E-state index in [-0.39, 0.29) is 18.4 Å². The molecule has 102 valence electrons. The van der Waals surface area contributed by atoms with Crippen LogP contribution in [0.15, 0.2) is 10.9 Å². The fraction of sp³-hybridized carbons (Fsp3) is 0.667. The van der Waals surface area contributed by atoms with Crippen molar-refractivity contribution >= 4 is 11.8 Å². The molecule has 2 heterocycles. The Morgan fingerprint density at radius 3 is 2.84 bits per heavy atom. The molecule has 1 saturated carbocycles. The number of carbonyl (C=O) groups excluding carboxylic acids is 2. The van der Waals surface area contributed by atoms with Crippen molar-refractivity contribution in [3.63, 3.8) is 0 Å². The van der Waals surface area contributed by atoms with Crippen LogP contribution in [0.1, 0.15) is 31.6 Å². The molecular formula is C12H16N4O3. The smallest absolute Gasteiger partial charge is 0.248 e. The number of hydrogen-bond donors (Lipinski definition) is 1. The van der Waals surface area contributed by atoms with Crippen molar-refractivity contribution in [3.05, 3.63) is 12.2 Å². The molecule has 7 heteroatoms. The van der Waals surface area contributed by atoms with Gasteiger partial charge >= 0.3 is 0 Å². The van der Waals surface area contributed by atoms with E-state index in [1.54, 1.807) is 4.90 Å². The number of piperazine rings is 1. The molecule has 0 bridgehead atoms. The summed E-state index contributed by atoms with van der Waals surface area (Å²) < 4.78 is 4.90. The Morgan fingerprint density at radius 2 is 2.16 bits per heavy atom. The Hall–Kier alpha value is -1.92. The quantitative estimate of drug-likeness (QED) is 0.822. The van der Waals surface area contributed by atoms with Gasteiger partial charge in [0, 0.05) is 13.0 Å². The summed E-state index contributed by atoms with van der Waals surface area (Å²) >= 11 is 0. The standard InChI is InChI=1S/C12H16N4O3/c17-9-7-16(6-3-10-13-8-14-19-10)11(18)12(15-9)4-1-2-5-12/h8H,1-7H2,(H,15,17). The largest absolute Gasteiger partial charge is 0.340 e. The molecule has 3 rings (SSSR count). The van der Waals surface area contributed by atoms with Crippen molar-refractivity contribution in [3.8, 4) is 0 Å². The summed E-state index contributed by atoms with van der Waals surface area (Å²) in [6.45, 7) is 0.560. The van der Waals surface area contributed by atoms with Crippen LogP contribution in [-0.4, -0.2) is 45.5 Å². The van der Waals surface area contributed by atoms with Crippen LogP contribution in [0.2, 0.25) is 0 Å². The predicted molar refractivity (Wildman–Crippen MR) is 63.9 cm³/mol. The van der Waals surface area contributed by atoms with Gasteiger partial charge in [-0.25, -0.2) is 0 Å². The van der Waals surface area contributed by atoms with Crippen LogP contribution in [0.25, 0.3) is 0 Å². The Kier molecular flexibility index (Phi) is 2.96. The van der Waals surface area contributed by atoms with Crippen molar-refractivity contribution < 1.29 is 14.1 Å². The van der Waals surface area contributed by atoms with Crippen LogP contribution in [0.5, 0.6) is 0 Å². The van der Waals surface area contributed by atoms with Crippen LogP contribution in [-0.2, 0) is 16.0 Å². The van der Waals surface area contributed by atoms with Gasteiger partial charge in [-0.3, -0.25) is 9.59 Å². The summed E-state index contributed by atoms with van der Waals surface area (Å²) in [6.07, 6.45) is 5.28. The van der Waals surface area contributed by atoms with Gasteiger partial charge in [-0.1, -0.05) is 18.0 Å². The lowest BCUT2D eigenvalue weighted by atomic mass is 9.93. The topological polar surface area (TPSA) is 88.3 Å². The van der Waals surface area contributed by atoms with E-state index < -0.39 is 5.54 Å². The molecule has 0 radical (unpaired) electrons.